The zero-order valence-corrected chi connectivity index (χ0v) is 6.69. The molecule has 0 saturated carbocycles. The molecule has 0 amide bonds. The van der Waals surface area contributed by atoms with Gasteiger partial charge in [0.25, 0.3) is 0 Å². The molecule has 2 heteroatoms. The summed E-state index contributed by atoms with van der Waals surface area (Å²) >= 11 is 3.38. The number of hydrogen-bond acceptors (Lipinski definition) is 1. The van der Waals surface area contributed by atoms with Crippen LogP contribution >= 0.6 is 15.9 Å². The summed E-state index contributed by atoms with van der Waals surface area (Å²) in [4.78, 5) is 0. The zero-order chi connectivity index (χ0) is 6.74. The van der Waals surface area contributed by atoms with Gasteiger partial charge in [0.15, 0.2) is 0 Å². The zero-order valence-electron chi connectivity index (χ0n) is 5.10. The predicted octanol–water partition coefficient (Wildman–Crippen LogP) is 2.38. The maximum Gasteiger partial charge on any atom is 0.116 e. The lowest BCUT2D eigenvalue weighted by molar-refractivity contribution is 0.657. The minimum Gasteiger partial charge on any atom is -0.197 e. The van der Waals surface area contributed by atoms with Crippen LogP contribution in [0.3, 0.4) is 0 Å². The van der Waals surface area contributed by atoms with Crippen LogP contribution in [0.4, 0.5) is 0 Å². The predicted molar refractivity (Wildman–Crippen MR) is 40.3 cm³/mol. The van der Waals surface area contributed by atoms with Gasteiger partial charge in [-0.05, 0) is 19.3 Å². The van der Waals surface area contributed by atoms with E-state index in [2.05, 4.69) is 34.2 Å². The van der Waals surface area contributed by atoms with E-state index in [4.69, 9.17) is 5.26 Å². The van der Waals surface area contributed by atoms with Crippen LogP contribution < -0.4 is 0 Å². The average Bonchev–Trinajstić information content (AvgIpc) is 1.90. The van der Waals surface area contributed by atoms with Gasteiger partial charge in [0.1, 0.15) is 4.32 Å². The molecule has 0 heterocycles. The third-order valence-electron chi connectivity index (χ3n) is 1.52. The molecule has 48 valence electrons. The molecule has 0 N–H and O–H groups in total. The van der Waals surface area contributed by atoms with Gasteiger partial charge in [0.05, 0.1) is 6.07 Å². The van der Waals surface area contributed by atoms with Crippen LogP contribution in [0.5, 0.6) is 0 Å². The minimum absolute atomic E-state index is 0.248. The Balaban J connectivity index is 2.63. The van der Waals surface area contributed by atoms with Crippen molar-refractivity contribution in [1.29, 1.82) is 5.26 Å². The maximum atomic E-state index is 8.62. The minimum atomic E-state index is -0.248. The van der Waals surface area contributed by atoms with Gasteiger partial charge in [-0.2, -0.15) is 5.26 Å². The molecule has 0 aliphatic heterocycles. The van der Waals surface area contributed by atoms with Gasteiger partial charge in [-0.15, -0.1) is 0 Å². The van der Waals surface area contributed by atoms with Crippen molar-refractivity contribution in [3.8, 4) is 6.07 Å². The molecular weight excluding hydrogens is 178 g/mol. The van der Waals surface area contributed by atoms with E-state index in [-0.39, 0.29) is 4.32 Å². The van der Waals surface area contributed by atoms with Gasteiger partial charge >= 0.3 is 0 Å². The Kier molecular flexibility index (Phi) is 1.92. The summed E-state index contributed by atoms with van der Waals surface area (Å²) in [5, 5.41) is 8.62. The molecule has 0 radical (unpaired) electrons. The van der Waals surface area contributed by atoms with E-state index in [1.165, 1.54) is 0 Å². The van der Waals surface area contributed by atoms with Crippen molar-refractivity contribution in [2.75, 3.05) is 0 Å². The topological polar surface area (TPSA) is 23.8 Å². The van der Waals surface area contributed by atoms with E-state index in [9.17, 15) is 0 Å². The molecule has 0 fully saturated rings. The number of nitriles is 1. The van der Waals surface area contributed by atoms with Crippen LogP contribution in [-0.2, 0) is 0 Å². The van der Waals surface area contributed by atoms with Gasteiger partial charge in [-0.1, -0.05) is 28.1 Å². The largest absolute Gasteiger partial charge is 0.197 e. The highest BCUT2D eigenvalue weighted by molar-refractivity contribution is 9.10. The molecule has 0 aromatic carbocycles. The van der Waals surface area contributed by atoms with Crippen LogP contribution in [-0.4, -0.2) is 4.32 Å². The van der Waals surface area contributed by atoms with E-state index in [0.29, 0.717) is 0 Å². The third kappa shape index (κ3) is 1.56. The van der Waals surface area contributed by atoms with E-state index in [0.717, 1.165) is 19.3 Å². The first-order chi connectivity index (χ1) is 4.27. The quantitative estimate of drug-likeness (QED) is 0.420. The molecule has 1 aliphatic rings. The second kappa shape index (κ2) is 2.53. The Labute approximate surface area is 63.5 Å². The summed E-state index contributed by atoms with van der Waals surface area (Å²) < 4.78 is -0.248. The standard InChI is InChI=1S/C7H8BrN/c8-7(6-9)4-2-1-3-5-7/h1-2H,3-5H2. The molecule has 0 spiro atoms. The highest BCUT2D eigenvalue weighted by atomic mass is 79.9. The molecular formula is C7H8BrN. The Morgan fingerprint density at radius 3 is 2.67 bits per heavy atom. The fourth-order valence-electron chi connectivity index (χ4n) is 0.904. The summed E-state index contributed by atoms with van der Waals surface area (Å²) in [6, 6.07) is 2.25. The van der Waals surface area contributed by atoms with Crippen molar-refractivity contribution in [3.63, 3.8) is 0 Å². The van der Waals surface area contributed by atoms with Crippen LogP contribution in [0.25, 0.3) is 0 Å². The average molecular weight is 186 g/mol. The number of rotatable bonds is 0. The summed E-state index contributed by atoms with van der Waals surface area (Å²) in [5.41, 5.74) is 0. The van der Waals surface area contributed by atoms with Crippen molar-refractivity contribution >= 4 is 15.9 Å². The summed E-state index contributed by atoms with van der Waals surface area (Å²) in [5.74, 6) is 0. The molecule has 0 saturated heterocycles. The van der Waals surface area contributed by atoms with Gasteiger partial charge in [0.2, 0.25) is 0 Å². The third-order valence-corrected chi connectivity index (χ3v) is 2.41. The van der Waals surface area contributed by atoms with Gasteiger partial charge in [-0.25, -0.2) is 0 Å². The lowest BCUT2D eigenvalue weighted by Crippen LogP contribution is -2.18. The first-order valence-electron chi connectivity index (χ1n) is 3.02. The molecule has 0 aromatic rings. The van der Waals surface area contributed by atoms with E-state index in [1.54, 1.807) is 0 Å². The van der Waals surface area contributed by atoms with Gasteiger partial charge in [-0.3, -0.25) is 0 Å². The SMILES string of the molecule is N#CC1(Br)CC=CCC1. The number of alkyl halides is 1. The van der Waals surface area contributed by atoms with Crippen LogP contribution in [0.2, 0.25) is 0 Å². The van der Waals surface area contributed by atoms with Crippen LogP contribution in [0.15, 0.2) is 12.2 Å². The Bertz CT molecular complexity index is 168. The van der Waals surface area contributed by atoms with Crippen molar-refractivity contribution in [2.45, 2.75) is 23.6 Å². The number of nitrogens with zero attached hydrogens (tertiary/aromatic N) is 1. The normalized spacial score (nSPS) is 33.8. The first-order valence-corrected chi connectivity index (χ1v) is 3.81. The van der Waals surface area contributed by atoms with Crippen LogP contribution in [0, 0.1) is 11.3 Å². The molecule has 0 bridgehead atoms. The van der Waals surface area contributed by atoms with E-state index < -0.39 is 0 Å². The highest BCUT2D eigenvalue weighted by Crippen LogP contribution is 2.31. The maximum absolute atomic E-state index is 8.62. The Morgan fingerprint density at radius 1 is 1.56 bits per heavy atom. The molecule has 9 heavy (non-hydrogen) atoms. The van der Waals surface area contributed by atoms with E-state index in [1.807, 2.05) is 0 Å². The smallest absolute Gasteiger partial charge is 0.116 e. The van der Waals surface area contributed by atoms with Gasteiger partial charge < -0.3 is 0 Å². The molecule has 1 aliphatic carbocycles. The molecule has 1 unspecified atom stereocenters. The fraction of sp³-hybridized carbons (Fsp3) is 0.571. The van der Waals surface area contributed by atoms with Crippen molar-refractivity contribution in [2.24, 2.45) is 0 Å². The second-order valence-electron chi connectivity index (χ2n) is 2.29. The Morgan fingerprint density at radius 2 is 2.33 bits per heavy atom. The summed E-state index contributed by atoms with van der Waals surface area (Å²) in [6.07, 6.45) is 7.00. The highest BCUT2D eigenvalue weighted by Gasteiger charge is 2.25. The fourth-order valence-corrected chi connectivity index (χ4v) is 1.32. The van der Waals surface area contributed by atoms with Crippen molar-refractivity contribution in [3.05, 3.63) is 12.2 Å². The van der Waals surface area contributed by atoms with Crippen molar-refractivity contribution < 1.29 is 0 Å². The molecule has 1 rings (SSSR count). The monoisotopic (exact) mass is 185 g/mol. The summed E-state index contributed by atoms with van der Waals surface area (Å²) in [6.45, 7) is 0. The number of halogens is 1. The van der Waals surface area contributed by atoms with Crippen LogP contribution in [0.1, 0.15) is 19.3 Å². The lowest BCUT2D eigenvalue weighted by Gasteiger charge is -2.19. The van der Waals surface area contributed by atoms with E-state index >= 15 is 0 Å². The first kappa shape index (κ1) is 6.82. The Hall–Kier alpha value is -0.290. The second-order valence-corrected chi connectivity index (χ2v) is 3.81. The molecule has 1 nitrogen and oxygen atoms in total. The van der Waals surface area contributed by atoms with Gasteiger partial charge in [0, 0.05) is 0 Å². The lowest BCUT2D eigenvalue weighted by atomic mass is 9.96. The van der Waals surface area contributed by atoms with Crippen molar-refractivity contribution in [1.82, 2.24) is 0 Å². The summed E-state index contributed by atoms with van der Waals surface area (Å²) in [7, 11) is 0. The molecule has 0 aromatic heterocycles. The number of hydrogen-bond donors (Lipinski definition) is 0. The molecule has 1 atom stereocenters. The number of allylic oxidation sites excluding steroid dienone is 2.